The summed E-state index contributed by atoms with van der Waals surface area (Å²) >= 11 is 0. The van der Waals surface area contributed by atoms with Crippen LogP contribution in [-0.4, -0.2) is 42.4 Å². The normalized spacial score (nSPS) is 15.0. The molecule has 1 aliphatic heterocycles. The molecule has 0 spiro atoms. The number of aromatic amines is 1. The van der Waals surface area contributed by atoms with E-state index in [0.29, 0.717) is 42.9 Å². The second-order valence-electron chi connectivity index (χ2n) is 6.42. The van der Waals surface area contributed by atoms with E-state index in [1.807, 2.05) is 4.90 Å². The summed E-state index contributed by atoms with van der Waals surface area (Å²) in [5.74, 6) is -0.639. The highest BCUT2D eigenvalue weighted by molar-refractivity contribution is 6.12. The molecule has 0 bridgehead atoms. The molecule has 0 aliphatic carbocycles. The van der Waals surface area contributed by atoms with E-state index in [1.54, 1.807) is 24.4 Å². The van der Waals surface area contributed by atoms with E-state index in [0.717, 1.165) is 6.07 Å². The summed E-state index contributed by atoms with van der Waals surface area (Å²) < 4.78 is 46.2. The van der Waals surface area contributed by atoms with Crippen molar-refractivity contribution in [2.24, 2.45) is 0 Å². The highest BCUT2D eigenvalue weighted by Crippen LogP contribution is 2.37. The quantitative estimate of drug-likeness (QED) is 0.716. The van der Waals surface area contributed by atoms with Gasteiger partial charge in [-0.25, -0.2) is 0 Å². The number of hydrogen-bond donors (Lipinski definition) is 2. The lowest BCUT2D eigenvalue weighted by Crippen LogP contribution is -2.36. The number of anilines is 2. The number of rotatable bonds is 3. The Morgan fingerprint density at radius 1 is 1.18 bits per heavy atom. The molecule has 3 aromatic rings. The van der Waals surface area contributed by atoms with Gasteiger partial charge in [-0.2, -0.15) is 18.3 Å². The summed E-state index contributed by atoms with van der Waals surface area (Å²) in [4.78, 5) is 14.5. The van der Waals surface area contributed by atoms with Crippen molar-refractivity contribution in [3.8, 4) is 0 Å². The number of nitrogens with one attached hydrogen (secondary N) is 2. The summed E-state index contributed by atoms with van der Waals surface area (Å²) in [6.07, 6.45) is -3.06. The first-order valence-corrected chi connectivity index (χ1v) is 8.71. The number of carbonyl (C=O) groups excluding carboxylic acids is 1. The Morgan fingerprint density at radius 3 is 2.71 bits per heavy atom. The van der Waals surface area contributed by atoms with E-state index in [2.05, 4.69) is 15.5 Å². The predicted molar refractivity (Wildman–Crippen MR) is 98.5 cm³/mol. The summed E-state index contributed by atoms with van der Waals surface area (Å²) in [5, 5.41) is 9.67. The van der Waals surface area contributed by atoms with Crippen molar-refractivity contribution in [1.82, 2.24) is 10.2 Å². The van der Waals surface area contributed by atoms with Crippen LogP contribution < -0.4 is 10.2 Å². The van der Waals surface area contributed by atoms with Gasteiger partial charge in [0.05, 0.1) is 41.7 Å². The third-order valence-corrected chi connectivity index (χ3v) is 4.65. The number of para-hydroxylation sites is 1. The third-order valence-electron chi connectivity index (χ3n) is 4.65. The molecule has 2 N–H and O–H groups in total. The number of fused-ring (bicyclic) bond motifs is 1. The molecule has 1 aliphatic rings. The molecule has 1 amide bonds. The Hall–Kier alpha value is -3.07. The maximum Gasteiger partial charge on any atom is 0.418 e. The summed E-state index contributed by atoms with van der Waals surface area (Å²) in [6, 6.07) is 8.88. The number of halogens is 3. The van der Waals surface area contributed by atoms with Gasteiger partial charge in [-0.05, 0) is 24.3 Å². The molecule has 1 saturated heterocycles. The minimum absolute atomic E-state index is 0.223. The number of carbonyl (C=O) groups is 1. The summed E-state index contributed by atoms with van der Waals surface area (Å²) in [5.41, 5.74) is -0.0316. The smallest absolute Gasteiger partial charge is 0.378 e. The van der Waals surface area contributed by atoms with Crippen LogP contribution in [0.25, 0.3) is 10.9 Å². The van der Waals surface area contributed by atoms with Gasteiger partial charge in [-0.15, -0.1) is 0 Å². The average molecular weight is 390 g/mol. The monoisotopic (exact) mass is 390 g/mol. The molecule has 0 unspecified atom stereocenters. The fourth-order valence-electron chi connectivity index (χ4n) is 3.24. The second kappa shape index (κ2) is 7.16. The van der Waals surface area contributed by atoms with Crippen LogP contribution in [0.1, 0.15) is 15.9 Å². The van der Waals surface area contributed by atoms with Crippen molar-refractivity contribution in [2.45, 2.75) is 6.18 Å². The number of ether oxygens (including phenoxy) is 1. The van der Waals surface area contributed by atoms with Crippen molar-refractivity contribution in [2.75, 3.05) is 36.5 Å². The molecule has 0 saturated carbocycles. The Balaban J connectivity index is 1.66. The number of H-pyrrole nitrogens is 1. The molecule has 0 radical (unpaired) electrons. The minimum Gasteiger partial charge on any atom is -0.378 e. The third kappa shape index (κ3) is 3.53. The maximum absolute atomic E-state index is 13.6. The molecule has 6 nitrogen and oxygen atoms in total. The first kappa shape index (κ1) is 18.3. The van der Waals surface area contributed by atoms with Crippen LogP contribution in [0, 0.1) is 0 Å². The predicted octanol–water partition coefficient (Wildman–Crippen LogP) is 3.67. The van der Waals surface area contributed by atoms with E-state index < -0.39 is 17.6 Å². The van der Waals surface area contributed by atoms with Gasteiger partial charge in [0.25, 0.3) is 5.91 Å². The first-order valence-electron chi connectivity index (χ1n) is 8.71. The number of benzene rings is 2. The molecule has 4 rings (SSSR count). The number of aromatic nitrogens is 2. The second-order valence-corrected chi connectivity index (χ2v) is 6.42. The maximum atomic E-state index is 13.6. The average Bonchev–Trinajstić information content (AvgIpc) is 3.17. The van der Waals surface area contributed by atoms with Crippen LogP contribution in [0.15, 0.2) is 42.6 Å². The summed E-state index contributed by atoms with van der Waals surface area (Å²) in [6.45, 7) is 1.97. The zero-order valence-electron chi connectivity index (χ0n) is 14.7. The van der Waals surface area contributed by atoms with Gasteiger partial charge >= 0.3 is 6.18 Å². The van der Waals surface area contributed by atoms with Crippen LogP contribution in [0.5, 0.6) is 0 Å². The minimum atomic E-state index is -4.61. The lowest BCUT2D eigenvalue weighted by molar-refractivity contribution is -0.136. The zero-order chi connectivity index (χ0) is 19.7. The molecule has 2 aromatic carbocycles. The van der Waals surface area contributed by atoms with Crippen LogP contribution in [-0.2, 0) is 10.9 Å². The number of morpholine rings is 1. The topological polar surface area (TPSA) is 70.2 Å². The van der Waals surface area contributed by atoms with Crippen LogP contribution in [0.3, 0.4) is 0 Å². The van der Waals surface area contributed by atoms with E-state index in [4.69, 9.17) is 4.74 Å². The number of nitrogens with zero attached hydrogens (tertiary/aromatic N) is 2. The van der Waals surface area contributed by atoms with Crippen molar-refractivity contribution >= 4 is 28.2 Å². The molecule has 1 fully saturated rings. The molecular weight excluding hydrogens is 373 g/mol. The molecule has 146 valence electrons. The molecule has 0 atom stereocenters. The van der Waals surface area contributed by atoms with Gasteiger partial charge in [-0.3, -0.25) is 9.89 Å². The molecule has 28 heavy (non-hydrogen) atoms. The van der Waals surface area contributed by atoms with Crippen molar-refractivity contribution in [3.63, 3.8) is 0 Å². The van der Waals surface area contributed by atoms with Crippen LogP contribution in [0.4, 0.5) is 24.5 Å². The SMILES string of the molecule is O=C(Nc1ccc(N2CCOCC2)cc1C(F)(F)F)c1cccc2cn[nH]c12. The first-order chi connectivity index (χ1) is 13.4. The Labute approximate surface area is 158 Å². The van der Waals surface area contributed by atoms with E-state index in [9.17, 15) is 18.0 Å². The molecule has 9 heteroatoms. The highest BCUT2D eigenvalue weighted by atomic mass is 19.4. The fourth-order valence-corrected chi connectivity index (χ4v) is 3.24. The van der Waals surface area contributed by atoms with Crippen molar-refractivity contribution < 1.29 is 22.7 Å². The number of alkyl halides is 3. The molecule has 1 aromatic heterocycles. The highest BCUT2D eigenvalue weighted by Gasteiger charge is 2.35. The van der Waals surface area contributed by atoms with E-state index in [1.165, 1.54) is 12.1 Å². The standard InChI is InChI=1S/C19H17F3N4O2/c20-19(21,22)15-10-13(26-6-8-28-9-7-26)4-5-16(15)24-18(27)14-3-1-2-12-11-23-25-17(12)14/h1-5,10-11H,6-9H2,(H,23,25)(H,24,27). The van der Waals surface area contributed by atoms with Crippen molar-refractivity contribution in [3.05, 3.63) is 53.7 Å². The number of amides is 1. The van der Waals surface area contributed by atoms with Gasteiger partial charge in [0, 0.05) is 24.2 Å². The van der Waals surface area contributed by atoms with Gasteiger partial charge in [0.15, 0.2) is 0 Å². The van der Waals surface area contributed by atoms with Crippen LogP contribution >= 0.6 is 0 Å². The molecular formula is C19H17F3N4O2. The number of hydrogen-bond acceptors (Lipinski definition) is 4. The Kier molecular flexibility index (Phi) is 4.68. The zero-order valence-corrected chi connectivity index (χ0v) is 14.7. The Bertz CT molecular complexity index is 1010. The molecule has 2 heterocycles. The van der Waals surface area contributed by atoms with Crippen LogP contribution in [0.2, 0.25) is 0 Å². The fraction of sp³-hybridized carbons (Fsp3) is 0.263. The van der Waals surface area contributed by atoms with Gasteiger partial charge in [-0.1, -0.05) is 12.1 Å². The van der Waals surface area contributed by atoms with E-state index >= 15 is 0 Å². The van der Waals surface area contributed by atoms with Gasteiger partial charge < -0.3 is 15.0 Å². The van der Waals surface area contributed by atoms with Gasteiger partial charge in [0.1, 0.15) is 0 Å². The lowest BCUT2D eigenvalue weighted by Gasteiger charge is -2.29. The van der Waals surface area contributed by atoms with E-state index in [-0.39, 0.29) is 11.3 Å². The lowest BCUT2D eigenvalue weighted by atomic mass is 10.1. The van der Waals surface area contributed by atoms with Crippen molar-refractivity contribution in [1.29, 1.82) is 0 Å². The largest absolute Gasteiger partial charge is 0.418 e. The summed E-state index contributed by atoms with van der Waals surface area (Å²) in [7, 11) is 0. The van der Waals surface area contributed by atoms with Gasteiger partial charge in [0.2, 0.25) is 0 Å². The Morgan fingerprint density at radius 2 is 1.96 bits per heavy atom.